The molecule has 0 aliphatic carbocycles. The summed E-state index contributed by atoms with van der Waals surface area (Å²) in [6.45, 7) is 8.81. The van der Waals surface area contributed by atoms with Crippen LogP contribution in [0.5, 0.6) is 0 Å². The number of guanidine groups is 1. The van der Waals surface area contributed by atoms with E-state index in [1.807, 2.05) is 31.2 Å². The normalized spacial score (nSPS) is 12.0. The molecule has 0 saturated carbocycles. The zero-order valence-electron chi connectivity index (χ0n) is 15.7. The fourth-order valence-corrected chi connectivity index (χ4v) is 3.07. The van der Waals surface area contributed by atoms with Gasteiger partial charge in [0.2, 0.25) is 0 Å². The van der Waals surface area contributed by atoms with Crippen LogP contribution in [0.2, 0.25) is 0 Å². The lowest BCUT2D eigenvalue weighted by Crippen LogP contribution is -2.37. The van der Waals surface area contributed by atoms with E-state index in [1.54, 1.807) is 0 Å². The topological polar surface area (TPSA) is 70.6 Å². The Morgan fingerprint density at radius 1 is 1.12 bits per heavy atom. The Labute approximate surface area is 170 Å². The molecule has 5 nitrogen and oxygen atoms in total. The van der Waals surface area contributed by atoms with E-state index in [-0.39, 0.29) is 29.7 Å². The highest BCUT2D eigenvalue weighted by Crippen LogP contribution is 2.09. The van der Waals surface area contributed by atoms with Gasteiger partial charge >= 0.3 is 0 Å². The zero-order valence-corrected chi connectivity index (χ0v) is 18.9. The lowest BCUT2D eigenvalue weighted by Gasteiger charge is -2.12. The largest absolute Gasteiger partial charge is 0.357 e. The summed E-state index contributed by atoms with van der Waals surface area (Å²) in [5.74, 6) is 1.62. The molecule has 1 aromatic rings. The highest BCUT2D eigenvalue weighted by Gasteiger charge is 2.04. The van der Waals surface area contributed by atoms with Crippen LogP contribution < -0.4 is 10.6 Å². The molecule has 0 radical (unpaired) electrons. The number of hydrogen-bond donors (Lipinski definition) is 2. The van der Waals surface area contributed by atoms with Crippen molar-refractivity contribution >= 4 is 39.8 Å². The van der Waals surface area contributed by atoms with Gasteiger partial charge in [-0.15, -0.1) is 24.0 Å². The van der Waals surface area contributed by atoms with Gasteiger partial charge in [0.05, 0.1) is 12.3 Å². The van der Waals surface area contributed by atoms with Crippen molar-refractivity contribution in [1.29, 1.82) is 0 Å². The lowest BCUT2D eigenvalue weighted by atomic mass is 10.1. The van der Waals surface area contributed by atoms with Gasteiger partial charge in [0.1, 0.15) is 0 Å². The number of hydrogen-bond acceptors (Lipinski definition) is 3. The molecule has 0 fully saturated rings. The summed E-state index contributed by atoms with van der Waals surface area (Å²) in [6, 6.07) is 7.59. The monoisotopic (exact) mass is 481 g/mol. The van der Waals surface area contributed by atoms with Crippen LogP contribution in [-0.4, -0.2) is 33.7 Å². The number of rotatable bonds is 9. The van der Waals surface area contributed by atoms with E-state index >= 15 is 0 Å². The summed E-state index contributed by atoms with van der Waals surface area (Å²) in [5, 5.41) is 6.59. The molecular weight excluding hydrogens is 449 g/mol. The van der Waals surface area contributed by atoms with Gasteiger partial charge in [0.25, 0.3) is 0 Å². The second kappa shape index (κ2) is 12.5. The van der Waals surface area contributed by atoms with E-state index < -0.39 is 9.84 Å². The third-order valence-corrected chi connectivity index (χ3v) is 4.32. The van der Waals surface area contributed by atoms with Gasteiger partial charge in [-0.2, -0.15) is 0 Å². The van der Waals surface area contributed by atoms with E-state index in [9.17, 15) is 8.42 Å². The van der Waals surface area contributed by atoms with E-state index in [4.69, 9.17) is 0 Å². The average Bonchev–Trinajstić information content (AvgIpc) is 2.48. The number of nitrogens with one attached hydrogen (secondary N) is 2. The molecule has 0 aliphatic rings. The molecule has 0 spiro atoms. The van der Waals surface area contributed by atoms with E-state index in [0.29, 0.717) is 6.54 Å². The summed E-state index contributed by atoms with van der Waals surface area (Å²) in [4.78, 5) is 4.58. The number of halogens is 1. The third-order valence-electron chi connectivity index (χ3n) is 3.47. The predicted octanol–water partition coefficient (Wildman–Crippen LogP) is 3.34. The van der Waals surface area contributed by atoms with Gasteiger partial charge in [0, 0.05) is 19.3 Å². The molecule has 7 heteroatoms. The van der Waals surface area contributed by atoms with Gasteiger partial charge in [-0.25, -0.2) is 13.4 Å². The van der Waals surface area contributed by atoms with Crippen molar-refractivity contribution in [2.45, 2.75) is 45.9 Å². The highest BCUT2D eigenvalue weighted by molar-refractivity contribution is 14.0. The van der Waals surface area contributed by atoms with Crippen molar-refractivity contribution in [3.05, 3.63) is 35.4 Å². The zero-order chi connectivity index (χ0) is 18.0. The molecule has 0 aliphatic heterocycles. The summed E-state index contributed by atoms with van der Waals surface area (Å²) >= 11 is 0. The molecule has 25 heavy (non-hydrogen) atoms. The predicted molar refractivity (Wildman–Crippen MR) is 117 cm³/mol. The first-order chi connectivity index (χ1) is 11.3. The Morgan fingerprint density at radius 2 is 1.72 bits per heavy atom. The fourth-order valence-electron chi connectivity index (χ4n) is 2.27. The minimum Gasteiger partial charge on any atom is -0.357 e. The quantitative estimate of drug-likeness (QED) is 0.246. The first kappa shape index (κ1) is 24.2. The van der Waals surface area contributed by atoms with Crippen molar-refractivity contribution in [2.75, 3.05) is 19.3 Å². The molecular formula is C18H32IN3O2S. The van der Waals surface area contributed by atoms with Crippen LogP contribution in [0.3, 0.4) is 0 Å². The maximum Gasteiger partial charge on any atom is 0.191 e. The van der Waals surface area contributed by atoms with Crippen LogP contribution in [0.15, 0.2) is 29.3 Å². The Morgan fingerprint density at radius 3 is 2.24 bits per heavy atom. The molecule has 0 amide bonds. The van der Waals surface area contributed by atoms with E-state index in [2.05, 4.69) is 29.5 Å². The molecule has 0 bridgehead atoms. The minimum atomic E-state index is -2.99. The Balaban J connectivity index is 0.00000576. The van der Waals surface area contributed by atoms with Gasteiger partial charge in [-0.3, -0.25) is 0 Å². The molecule has 0 atom stereocenters. The lowest BCUT2D eigenvalue weighted by molar-refractivity contribution is 0.549. The van der Waals surface area contributed by atoms with Crippen LogP contribution in [0, 0.1) is 5.92 Å². The van der Waals surface area contributed by atoms with Crippen LogP contribution in [-0.2, 0) is 22.1 Å². The molecule has 0 unspecified atom stereocenters. The van der Waals surface area contributed by atoms with E-state index in [1.165, 1.54) is 12.7 Å². The first-order valence-corrected chi connectivity index (χ1v) is 10.6. The molecule has 1 rings (SSSR count). The molecule has 0 aromatic heterocycles. The molecule has 0 saturated heterocycles. The smallest absolute Gasteiger partial charge is 0.191 e. The van der Waals surface area contributed by atoms with Crippen molar-refractivity contribution in [1.82, 2.24) is 10.6 Å². The minimum absolute atomic E-state index is 0. The fraction of sp³-hybridized carbons (Fsp3) is 0.611. The summed E-state index contributed by atoms with van der Waals surface area (Å²) in [6.07, 6.45) is 3.58. The van der Waals surface area contributed by atoms with Crippen LogP contribution >= 0.6 is 24.0 Å². The second-order valence-corrected chi connectivity index (χ2v) is 8.68. The van der Waals surface area contributed by atoms with Crippen molar-refractivity contribution in [2.24, 2.45) is 10.9 Å². The third kappa shape index (κ3) is 12.2. The number of aliphatic imine (C=N–C) groups is 1. The second-order valence-electron chi connectivity index (χ2n) is 6.54. The number of benzene rings is 1. The highest BCUT2D eigenvalue weighted by atomic mass is 127. The maximum absolute atomic E-state index is 11.3. The summed E-state index contributed by atoms with van der Waals surface area (Å²) in [7, 11) is -2.99. The maximum atomic E-state index is 11.3. The van der Waals surface area contributed by atoms with Crippen LogP contribution in [0.25, 0.3) is 0 Å². The van der Waals surface area contributed by atoms with Crippen molar-refractivity contribution < 1.29 is 8.42 Å². The Hall–Kier alpha value is -0.830. The van der Waals surface area contributed by atoms with Crippen molar-refractivity contribution in [3.63, 3.8) is 0 Å². The van der Waals surface area contributed by atoms with Gasteiger partial charge < -0.3 is 10.6 Å². The summed E-state index contributed by atoms with van der Waals surface area (Å²) < 4.78 is 22.6. The molecule has 0 heterocycles. The van der Waals surface area contributed by atoms with Gasteiger partial charge in [0.15, 0.2) is 15.8 Å². The van der Waals surface area contributed by atoms with Crippen LogP contribution in [0.4, 0.5) is 0 Å². The number of nitrogens with zero attached hydrogens (tertiary/aromatic N) is 1. The SMILES string of the molecule is CCNC(=NCc1ccc(CS(C)(=O)=O)cc1)NCCCC(C)C.I. The molecule has 1 aromatic carbocycles. The van der Waals surface area contributed by atoms with E-state index in [0.717, 1.165) is 42.5 Å². The molecule has 144 valence electrons. The van der Waals surface area contributed by atoms with Crippen molar-refractivity contribution in [3.8, 4) is 0 Å². The van der Waals surface area contributed by atoms with Crippen LogP contribution in [0.1, 0.15) is 44.7 Å². The van der Waals surface area contributed by atoms with Gasteiger partial charge in [-0.05, 0) is 36.8 Å². The average molecular weight is 481 g/mol. The summed E-state index contributed by atoms with van der Waals surface area (Å²) in [5.41, 5.74) is 1.87. The molecule has 2 N–H and O–H groups in total. The Kier molecular flexibility index (Phi) is 12.1. The number of sulfone groups is 1. The Bertz CT molecular complexity index is 614. The van der Waals surface area contributed by atoms with Gasteiger partial charge in [-0.1, -0.05) is 38.1 Å². The standard InChI is InChI=1S/C18H31N3O2S.HI/c1-5-19-18(20-12-6-7-15(2)3)21-13-16-8-10-17(11-9-16)14-24(4,22)23;/h8-11,15H,5-7,12-14H2,1-4H3,(H2,19,20,21);1H. The first-order valence-electron chi connectivity index (χ1n) is 8.58.